The van der Waals surface area contributed by atoms with Gasteiger partial charge in [-0.15, -0.1) is 0 Å². The minimum atomic E-state index is -0.191. The van der Waals surface area contributed by atoms with Crippen molar-refractivity contribution in [2.45, 2.75) is 39.2 Å². The lowest BCUT2D eigenvalue weighted by atomic mass is 9.80. The molecule has 0 spiro atoms. The molecule has 1 aliphatic rings. The second-order valence-electron chi connectivity index (χ2n) is 5.25. The third kappa shape index (κ3) is 3.95. The zero-order valence-electron chi connectivity index (χ0n) is 11.8. The van der Waals surface area contributed by atoms with E-state index in [1.54, 1.807) is 6.20 Å². The molecule has 0 aromatic carbocycles. The Bertz CT molecular complexity index is 449. The van der Waals surface area contributed by atoms with Gasteiger partial charge in [0.05, 0.1) is 12.5 Å². The van der Waals surface area contributed by atoms with Crippen molar-refractivity contribution in [3.63, 3.8) is 0 Å². The largest absolute Gasteiger partial charge is 0.473 e. The number of pyridine rings is 1. The van der Waals surface area contributed by atoms with Crippen LogP contribution in [0.5, 0.6) is 5.88 Å². The van der Waals surface area contributed by atoms with Gasteiger partial charge < -0.3 is 9.47 Å². The van der Waals surface area contributed by atoms with Crippen LogP contribution in [0.2, 0.25) is 0 Å². The van der Waals surface area contributed by atoms with E-state index in [2.05, 4.69) is 27.8 Å². The maximum Gasteiger partial charge on any atom is 0.312 e. The molecule has 1 heterocycles. The van der Waals surface area contributed by atoms with Crippen LogP contribution in [0.25, 0.3) is 0 Å². The maximum atomic E-state index is 12.1. The lowest BCUT2D eigenvalue weighted by molar-refractivity contribution is -0.153. The predicted octanol–water partition coefficient (Wildman–Crippen LogP) is 3.59. The highest BCUT2D eigenvalue weighted by Crippen LogP contribution is 2.32. The smallest absolute Gasteiger partial charge is 0.312 e. The average molecular weight is 342 g/mol. The van der Waals surface area contributed by atoms with Gasteiger partial charge in [0.25, 0.3) is 0 Å². The standard InChI is InChI=1S/C15H20BrNO3/c1-3-19-15(18)12-8-10(2)4-6-13(12)20-14-7-5-11(16)9-17-14/h5,7,9-10,12-13H,3-4,6,8H2,1-2H3. The SMILES string of the molecule is CCOC(=O)C1CC(C)CCC1Oc1ccc(Br)cn1. The van der Waals surface area contributed by atoms with Crippen molar-refractivity contribution in [2.24, 2.45) is 11.8 Å². The van der Waals surface area contributed by atoms with E-state index in [0.717, 1.165) is 23.7 Å². The molecular formula is C15H20BrNO3. The van der Waals surface area contributed by atoms with Crippen LogP contribution >= 0.6 is 15.9 Å². The Balaban J connectivity index is 2.06. The van der Waals surface area contributed by atoms with Crippen LogP contribution in [-0.2, 0) is 9.53 Å². The molecule has 1 fully saturated rings. The van der Waals surface area contributed by atoms with Crippen molar-refractivity contribution in [1.82, 2.24) is 4.98 Å². The van der Waals surface area contributed by atoms with Gasteiger partial charge in [0.15, 0.2) is 0 Å². The molecular weight excluding hydrogens is 322 g/mol. The third-order valence-electron chi connectivity index (χ3n) is 3.61. The van der Waals surface area contributed by atoms with Gasteiger partial charge in [-0.1, -0.05) is 6.92 Å². The molecule has 1 aliphatic carbocycles. The van der Waals surface area contributed by atoms with Crippen LogP contribution in [0.3, 0.4) is 0 Å². The van der Waals surface area contributed by atoms with Crippen LogP contribution in [0, 0.1) is 11.8 Å². The fourth-order valence-electron chi connectivity index (χ4n) is 2.58. The molecule has 1 aromatic heterocycles. The topological polar surface area (TPSA) is 48.4 Å². The highest BCUT2D eigenvalue weighted by atomic mass is 79.9. The van der Waals surface area contributed by atoms with E-state index in [4.69, 9.17) is 9.47 Å². The maximum absolute atomic E-state index is 12.1. The fraction of sp³-hybridized carbons (Fsp3) is 0.600. The second kappa shape index (κ2) is 7.07. The molecule has 2 rings (SSSR count). The summed E-state index contributed by atoms with van der Waals surface area (Å²) in [5.74, 6) is 0.745. The van der Waals surface area contributed by atoms with Crippen molar-refractivity contribution in [2.75, 3.05) is 6.61 Å². The Labute approximate surface area is 128 Å². The molecule has 0 N–H and O–H groups in total. The first-order valence-corrected chi connectivity index (χ1v) is 7.84. The zero-order valence-corrected chi connectivity index (χ0v) is 13.4. The number of esters is 1. The monoisotopic (exact) mass is 341 g/mol. The van der Waals surface area contributed by atoms with Crippen molar-refractivity contribution in [1.29, 1.82) is 0 Å². The van der Waals surface area contributed by atoms with Gasteiger partial charge >= 0.3 is 5.97 Å². The quantitative estimate of drug-likeness (QED) is 0.785. The van der Waals surface area contributed by atoms with E-state index in [-0.39, 0.29) is 18.0 Å². The molecule has 4 nitrogen and oxygen atoms in total. The summed E-state index contributed by atoms with van der Waals surface area (Å²) in [5.41, 5.74) is 0. The summed E-state index contributed by atoms with van der Waals surface area (Å²) in [6.45, 7) is 4.41. The molecule has 1 saturated carbocycles. The number of rotatable bonds is 4. The van der Waals surface area contributed by atoms with Crippen molar-refractivity contribution >= 4 is 21.9 Å². The molecule has 0 amide bonds. The van der Waals surface area contributed by atoms with Crippen LogP contribution in [0.15, 0.2) is 22.8 Å². The molecule has 0 saturated heterocycles. The van der Waals surface area contributed by atoms with Crippen LogP contribution in [0.4, 0.5) is 0 Å². The van der Waals surface area contributed by atoms with Gasteiger partial charge in [0, 0.05) is 16.7 Å². The fourth-order valence-corrected chi connectivity index (χ4v) is 2.81. The van der Waals surface area contributed by atoms with Crippen LogP contribution < -0.4 is 4.74 Å². The number of carbonyl (C=O) groups excluding carboxylic acids is 1. The van der Waals surface area contributed by atoms with E-state index >= 15 is 0 Å². The Morgan fingerprint density at radius 3 is 2.90 bits per heavy atom. The number of nitrogens with zero attached hydrogens (tertiary/aromatic N) is 1. The molecule has 0 aliphatic heterocycles. The number of aromatic nitrogens is 1. The summed E-state index contributed by atoms with van der Waals surface area (Å²) >= 11 is 3.34. The molecule has 0 bridgehead atoms. The number of ether oxygens (including phenoxy) is 2. The Morgan fingerprint density at radius 1 is 1.45 bits per heavy atom. The highest BCUT2D eigenvalue weighted by molar-refractivity contribution is 9.10. The molecule has 5 heteroatoms. The van der Waals surface area contributed by atoms with Crippen molar-refractivity contribution in [3.8, 4) is 5.88 Å². The van der Waals surface area contributed by atoms with Crippen molar-refractivity contribution < 1.29 is 14.3 Å². The normalized spacial score (nSPS) is 26.1. The summed E-state index contributed by atoms with van der Waals surface area (Å²) in [7, 11) is 0. The predicted molar refractivity (Wildman–Crippen MR) is 79.5 cm³/mol. The van der Waals surface area contributed by atoms with Gasteiger partial charge in [-0.2, -0.15) is 0 Å². The minimum absolute atomic E-state index is 0.140. The molecule has 0 radical (unpaired) electrons. The summed E-state index contributed by atoms with van der Waals surface area (Å²) in [4.78, 5) is 16.3. The first kappa shape index (κ1) is 15.3. The van der Waals surface area contributed by atoms with Gasteiger partial charge in [-0.25, -0.2) is 4.98 Å². The Kier molecular flexibility index (Phi) is 5.40. The van der Waals surface area contributed by atoms with Crippen molar-refractivity contribution in [3.05, 3.63) is 22.8 Å². The molecule has 3 atom stereocenters. The summed E-state index contributed by atoms with van der Waals surface area (Å²) in [5, 5.41) is 0. The molecule has 3 unspecified atom stereocenters. The first-order valence-electron chi connectivity index (χ1n) is 7.05. The summed E-state index contributed by atoms with van der Waals surface area (Å²) < 4.78 is 12.0. The Morgan fingerprint density at radius 2 is 2.25 bits per heavy atom. The first-order chi connectivity index (χ1) is 9.60. The van der Waals surface area contributed by atoms with Gasteiger partial charge in [-0.3, -0.25) is 4.79 Å². The molecule has 20 heavy (non-hydrogen) atoms. The number of carbonyl (C=O) groups is 1. The van der Waals surface area contributed by atoms with E-state index < -0.39 is 0 Å². The molecule has 1 aromatic rings. The lowest BCUT2D eigenvalue weighted by Gasteiger charge is -2.33. The lowest BCUT2D eigenvalue weighted by Crippen LogP contribution is -2.39. The minimum Gasteiger partial charge on any atom is -0.473 e. The summed E-state index contributed by atoms with van der Waals surface area (Å²) in [6, 6.07) is 3.69. The van der Waals surface area contributed by atoms with E-state index in [9.17, 15) is 4.79 Å². The molecule has 110 valence electrons. The van der Waals surface area contributed by atoms with E-state index in [0.29, 0.717) is 18.4 Å². The Hall–Kier alpha value is -1.10. The highest BCUT2D eigenvalue weighted by Gasteiger charge is 2.36. The average Bonchev–Trinajstić information content (AvgIpc) is 2.43. The zero-order chi connectivity index (χ0) is 14.5. The van der Waals surface area contributed by atoms with E-state index in [1.807, 2.05) is 19.1 Å². The third-order valence-corrected chi connectivity index (χ3v) is 4.08. The number of hydrogen-bond donors (Lipinski definition) is 0. The van der Waals surface area contributed by atoms with E-state index in [1.165, 1.54) is 0 Å². The van der Waals surface area contributed by atoms with Gasteiger partial charge in [0.1, 0.15) is 6.10 Å². The van der Waals surface area contributed by atoms with Gasteiger partial charge in [-0.05, 0) is 54.1 Å². The van der Waals surface area contributed by atoms with Gasteiger partial charge in [0.2, 0.25) is 5.88 Å². The van der Waals surface area contributed by atoms with Crippen LogP contribution in [0.1, 0.15) is 33.1 Å². The van der Waals surface area contributed by atoms with Crippen LogP contribution in [-0.4, -0.2) is 23.7 Å². The number of hydrogen-bond acceptors (Lipinski definition) is 4. The summed E-state index contributed by atoms with van der Waals surface area (Å²) in [6.07, 6.45) is 4.30. The number of halogens is 1. The second-order valence-corrected chi connectivity index (χ2v) is 6.16.